The van der Waals surface area contributed by atoms with Crippen molar-refractivity contribution in [3.63, 3.8) is 0 Å². The van der Waals surface area contributed by atoms with Gasteiger partial charge >= 0.3 is 5.76 Å². The van der Waals surface area contributed by atoms with E-state index in [1.807, 2.05) is 12.1 Å². The minimum Gasteiger partial charge on any atom is -0.408 e. The Balaban J connectivity index is 2.10. The number of benzene rings is 1. The van der Waals surface area contributed by atoms with Gasteiger partial charge in [-0.25, -0.2) is 4.79 Å². The lowest BCUT2D eigenvalue weighted by atomic mass is 10.0. The summed E-state index contributed by atoms with van der Waals surface area (Å²) >= 11 is 0. The van der Waals surface area contributed by atoms with Gasteiger partial charge in [-0.2, -0.15) is 0 Å². The molecule has 0 spiro atoms. The molecule has 1 aliphatic rings. The van der Waals surface area contributed by atoms with Gasteiger partial charge < -0.3 is 4.42 Å². The van der Waals surface area contributed by atoms with Crippen LogP contribution in [-0.4, -0.2) is 4.57 Å². The van der Waals surface area contributed by atoms with Crippen LogP contribution in [0.4, 0.5) is 0 Å². The second-order valence-electron chi connectivity index (χ2n) is 5.30. The standard InChI is InChI=1S/C14H17NO2/c1-9(2)11-5-6-12-13(7-11)17-14(16)15(12)8-10-3-4-10/h5-7,9-10H,3-4,8H2,1-2H3. The minimum absolute atomic E-state index is 0.215. The number of fused-ring (bicyclic) bond motifs is 1. The van der Waals surface area contributed by atoms with Crippen LogP contribution in [0.2, 0.25) is 0 Å². The van der Waals surface area contributed by atoms with Crippen LogP contribution in [0.25, 0.3) is 11.1 Å². The van der Waals surface area contributed by atoms with Crippen molar-refractivity contribution < 1.29 is 4.42 Å². The summed E-state index contributed by atoms with van der Waals surface area (Å²) in [6.45, 7) is 5.09. The highest BCUT2D eigenvalue weighted by atomic mass is 16.4. The second kappa shape index (κ2) is 3.76. The number of oxazole rings is 1. The molecule has 17 heavy (non-hydrogen) atoms. The van der Waals surface area contributed by atoms with Gasteiger partial charge in [0.05, 0.1) is 5.52 Å². The van der Waals surface area contributed by atoms with E-state index in [4.69, 9.17) is 4.42 Å². The van der Waals surface area contributed by atoms with E-state index in [1.165, 1.54) is 18.4 Å². The van der Waals surface area contributed by atoms with Crippen molar-refractivity contribution in [2.24, 2.45) is 5.92 Å². The first kappa shape index (κ1) is 10.6. The molecule has 1 heterocycles. The number of nitrogens with zero attached hydrogens (tertiary/aromatic N) is 1. The van der Waals surface area contributed by atoms with Gasteiger partial charge in [0.2, 0.25) is 0 Å². The molecule has 3 nitrogen and oxygen atoms in total. The Bertz CT molecular complexity index is 602. The van der Waals surface area contributed by atoms with E-state index in [9.17, 15) is 4.79 Å². The van der Waals surface area contributed by atoms with Gasteiger partial charge in [-0.1, -0.05) is 19.9 Å². The average Bonchev–Trinajstić information content (AvgIpc) is 3.04. The lowest BCUT2D eigenvalue weighted by Gasteiger charge is -2.04. The fourth-order valence-corrected chi connectivity index (χ4v) is 2.17. The maximum Gasteiger partial charge on any atom is 0.419 e. The third kappa shape index (κ3) is 1.90. The Morgan fingerprint density at radius 3 is 2.82 bits per heavy atom. The fraction of sp³-hybridized carbons (Fsp3) is 0.500. The number of hydrogen-bond acceptors (Lipinski definition) is 2. The lowest BCUT2D eigenvalue weighted by molar-refractivity contribution is 0.491. The quantitative estimate of drug-likeness (QED) is 0.813. The van der Waals surface area contributed by atoms with E-state index in [2.05, 4.69) is 19.9 Å². The molecule has 3 heteroatoms. The highest BCUT2D eigenvalue weighted by molar-refractivity contribution is 5.74. The third-order valence-electron chi connectivity index (χ3n) is 3.50. The van der Waals surface area contributed by atoms with Crippen molar-refractivity contribution in [3.05, 3.63) is 34.3 Å². The van der Waals surface area contributed by atoms with E-state index < -0.39 is 0 Å². The summed E-state index contributed by atoms with van der Waals surface area (Å²) in [4.78, 5) is 11.8. The monoisotopic (exact) mass is 231 g/mol. The number of rotatable bonds is 3. The van der Waals surface area contributed by atoms with Gasteiger partial charge in [0.15, 0.2) is 5.58 Å². The molecule has 1 aromatic carbocycles. The van der Waals surface area contributed by atoms with Gasteiger partial charge in [-0.15, -0.1) is 0 Å². The Hall–Kier alpha value is -1.51. The van der Waals surface area contributed by atoms with Crippen molar-refractivity contribution in [1.82, 2.24) is 4.57 Å². The molecule has 0 aliphatic heterocycles. The van der Waals surface area contributed by atoms with E-state index in [1.54, 1.807) is 4.57 Å². The highest BCUT2D eigenvalue weighted by Crippen LogP contribution is 2.31. The zero-order valence-corrected chi connectivity index (χ0v) is 10.3. The van der Waals surface area contributed by atoms with Crippen LogP contribution in [0.1, 0.15) is 38.2 Å². The van der Waals surface area contributed by atoms with Crippen LogP contribution >= 0.6 is 0 Å². The molecule has 90 valence electrons. The van der Waals surface area contributed by atoms with Crippen molar-refractivity contribution >= 4 is 11.1 Å². The molecular formula is C14H17NO2. The zero-order valence-electron chi connectivity index (χ0n) is 10.3. The molecule has 0 saturated heterocycles. The summed E-state index contributed by atoms with van der Waals surface area (Å²) in [6.07, 6.45) is 2.48. The molecule has 1 aliphatic carbocycles. The van der Waals surface area contributed by atoms with Crippen molar-refractivity contribution in [1.29, 1.82) is 0 Å². The van der Waals surface area contributed by atoms with Gasteiger partial charge in [0.25, 0.3) is 0 Å². The molecule has 3 rings (SSSR count). The van der Waals surface area contributed by atoms with Crippen LogP contribution in [-0.2, 0) is 6.54 Å². The van der Waals surface area contributed by atoms with Crippen LogP contribution in [0.5, 0.6) is 0 Å². The van der Waals surface area contributed by atoms with E-state index in [0.717, 1.165) is 17.6 Å². The van der Waals surface area contributed by atoms with Crippen molar-refractivity contribution in [2.75, 3.05) is 0 Å². The van der Waals surface area contributed by atoms with Gasteiger partial charge in [0, 0.05) is 6.54 Å². The summed E-state index contributed by atoms with van der Waals surface area (Å²) in [5, 5.41) is 0. The van der Waals surface area contributed by atoms with Crippen LogP contribution < -0.4 is 5.76 Å². The van der Waals surface area contributed by atoms with Crippen molar-refractivity contribution in [2.45, 2.75) is 39.2 Å². The van der Waals surface area contributed by atoms with Crippen LogP contribution in [0, 0.1) is 5.92 Å². The fourth-order valence-electron chi connectivity index (χ4n) is 2.17. The van der Waals surface area contributed by atoms with Crippen molar-refractivity contribution in [3.8, 4) is 0 Å². The molecule has 0 N–H and O–H groups in total. The van der Waals surface area contributed by atoms with E-state index in [-0.39, 0.29) is 5.76 Å². The highest BCUT2D eigenvalue weighted by Gasteiger charge is 2.24. The number of hydrogen-bond donors (Lipinski definition) is 0. The van der Waals surface area contributed by atoms with Crippen LogP contribution in [0.3, 0.4) is 0 Å². The molecule has 1 aromatic heterocycles. The second-order valence-corrected chi connectivity index (χ2v) is 5.30. The summed E-state index contributed by atoms with van der Waals surface area (Å²) in [5.74, 6) is 0.919. The van der Waals surface area contributed by atoms with Gasteiger partial charge in [0.1, 0.15) is 0 Å². The zero-order chi connectivity index (χ0) is 12.0. The largest absolute Gasteiger partial charge is 0.419 e. The van der Waals surface area contributed by atoms with Crippen LogP contribution in [0.15, 0.2) is 27.4 Å². The van der Waals surface area contributed by atoms with Gasteiger partial charge in [-0.05, 0) is 42.4 Å². The molecule has 0 amide bonds. The molecule has 0 bridgehead atoms. The molecule has 0 unspecified atom stereocenters. The minimum atomic E-state index is -0.215. The predicted molar refractivity (Wildman–Crippen MR) is 67.3 cm³/mol. The summed E-state index contributed by atoms with van der Waals surface area (Å²) in [6, 6.07) is 6.09. The average molecular weight is 231 g/mol. The molecular weight excluding hydrogens is 214 g/mol. The first-order valence-corrected chi connectivity index (χ1v) is 6.28. The third-order valence-corrected chi connectivity index (χ3v) is 3.50. The Labute approximate surface area is 100 Å². The molecule has 2 aromatic rings. The molecule has 0 atom stereocenters. The molecule has 1 fully saturated rings. The van der Waals surface area contributed by atoms with Gasteiger partial charge in [-0.3, -0.25) is 4.57 Å². The SMILES string of the molecule is CC(C)c1ccc2c(c1)oc(=O)n2CC1CC1. The maximum absolute atomic E-state index is 11.8. The molecule has 0 radical (unpaired) electrons. The molecule has 1 saturated carbocycles. The van der Waals surface area contributed by atoms with E-state index >= 15 is 0 Å². The summed E-state index contributed by atoms with van der Waals surface area (Å²) < 4.78 is 7.10. The van der Waals surface area contributed by atoms with E-state index in [0.29, 0.717) is 11.8 Å². The number of aromatic nitrogens is 1. The maximum atomic E-state index is 11.8. The summed E-state index contributed by atoms with van der Waals surface area (Å²) in [5.41, 5.74) is 2.87. The Morgan fingerprint density at radius 2 is 2.18 bits per heavy atom. The predicted octanol–water partition coefficient (Wildman–Crippen LogP) is 3.13. The Morgan fingerprint density at radius 1 is 1.41 bits per heavy atom. The smallest absolute Gasteiger partial charge is 0.408 e. The first-order valence-electron chi connectivity index (χ1n) is 6.28. The normalized spacial score (nSPS) is 15.9. The lowest BCUT2D eigenvalue weighted by Crippen LogP contribution is -2.15. The topological polar surface area (TPSA) is 35.1 Å². The summed E-state index contributed by atoms with van der Waals surface area (Å²) in [7, 11) is 0. The Kier molecular flexibility index (Phi) is 2.35. The first-order chi connectivity index (χ1) is 8.15.